The molecular formula is C54H88O29S2. The van der Waals surface area contributed by atoms with Gasteiger partial charge in [0.25, 0.3) is 0 Å². The highest BCUT2D eigenvalue weighted by atomic mass is 32.3. The predicted octanol–water partition coefficient (Wildman–Crippen LogP) is -1.57. The fourth-order valence-corrected chi connectivity index (χ4v) is 17.3. The lowest BCUT2D eigenvalue weighted by Crippen LogP contribution is -2.68. The molecule has 0 radical (unpaired) electrons. The van der Waals surface area contributed by atoms with Gasteiger partial charge in [0.2, 0.25) is 0 Å². The van der Waals surface area contributed by atoms with Crippen LogP contribution in [0.2, 0.25) is 0 Å². The Balaban J connectivity index is 0.906. The van der Waals surface area contributed by atoms with E-state index in [1.54, 1.807) is 6.92 Å². The fourth-order valence-electron chi connectivity index (χ4n) is 16.5. The maximum Gasteiger partial charge on any atom is 0.397 e. The molecule has 8 fully saturated rings. The summed E-state index contributed by atoms with van der Waals surface area (Å²) in [6.07, 6.45) is -29.7. The van der Waals surface area contributed by atoms with Crippen molar-refractivity contribution in [1.82, 2.24) is 0 Å². The smallest absolute Gasteiger partial charge is 0.397 e. The van der Waals surface area contributed by atoms with Crippen LogP contribution in [0.25, 0.3) is 0 Å². The number of hydrogen-bond acceptors (Lipinski definition) is 27. The summed E-state index contributed by atoms with van der Waals surface area (Å²) >= 11 is 0. The number of aliphatic hydroxyl groups excluding tert-OH is 9. The van der Waals surface area contributed by atoms with Crippen molar-refractivity contribution in [3.05, 3.63) is 11.6 Å². The van der Waals surface area contributed by atoms with Crippen molar-refractivity contribution in [2.75, 3.05) is 26.9 Å². The maximum absolute atomic E-state index is 14.5. The van der Waals surface area contributed by atoms with Gasteiger partial charge in [-0.3, -0.25) is 13.9 Å². The van der Waals surface area contributed by atoms with Crippen LogP contribution in [0.15, 0.2) is 11.6 Å². The molecule has 29 nitrogen and oxygen atoms in total. The SMILES string of the molecule is CO[C@@H]1[C@@H](O)[C@H](O[C@@H]2[C@@H](O)[C@H](O[C@H]3[C@H](O)[C@@H](O)[C@H](O[C@H]4[C@H](O[C@H]5CC[C@]6(C)[C@H]7C[C@H](O)[C@]89C(=O)O[C@@](C)(CCCC(C)C)[C@@]8(O)CC[C@@]9(C)C7=CC[C@H]6C5(C)C)OC[C@@H](OS(=O)(=O)O)[C@@H]4O)O[C@@H]3C)O[C@H](CO)[C@H]2O)O[C@H](COS(=O)(=O)O)[C@H]1O. The zero-order valence-corrected chi connectivity index (χ0v) is 50.7. The number of aliphatic hydroxyl groups is 10. The quantitative estimate of drug-likeness (QED) is 0.0395. The van der Waals surface area contributed by atoms with Crippen LogP contribution in [0.3, 0.4) is 0 Å². The molecule has 0 unspecified atom stereocenters. The van der Waals surface area contributed by atoms with E-state index >= 15 is 0 Å². The average molecular weight is 1270 g/mol. The van der Waals surface area contributed by atoms with Crippen LogP contribution >= 0.6 is 0 Å². The molecule has 85 heavy (non-hydrogen) atoms. The van der Waals surface area contributed by atoms with Crippen molar-refractivity contribution in [1.29, 1.82) is 0 Å². The summed E-state index contributed by atoms with van der Waals surface area (Å²) in [5.41, 5.74) is -5.54. The number of esters is 1. The van der Waals surface area contributed by atoms with Crippen molar-refractivity contribution in [2.24, 2.45) is 39.4 Å². The van der Waals surface area contributed by atoms with E-state index in [2.05, 4.69) is 31.0 Å². The Hall–Kier alpha value is -1.81. The molecule has 0 aromatic carbocycles. The van der Waals surface area contributed by atoms with Crippen molar-refractivity contribution in [2.45, 2.75) is 253 Å². The highest BCUT2D eigenvalue weighted by Crippen LogP contribution is 2.77. The second kappa shape index (κ2) is 24.3. The topological polar surface area (TPSA) is 439 Å². The largest absolute Gasteiger partial charge is 0.456 e. The molecule has 0 aromatic rings. The Morgan fingerprint density at radius 1 is 0.718 bits per heavy atom. The van der Waals surface area contributed by atoms with Crippen LogP contribution in [0, 0.1) is 39.4 Å². The zero-order chi connectivity index (χ0) is 62.7. The Morgan fingerprint density at radius 2 is 1.33 bits per heavy atom. The van der Waals surface area contributed by atoms with Gasteiger partial charge in [-0.15, -0.1) is 0 Å². The van der Waals surface area contributed by atoms with Crippen LogP contribution in [0.5, 0.6) is 0 Å². The van der Waals surface area contributed by atoms with E-state index < -0.39 is 208 Å². The van der Waals surface area contributed by atoms with Crippen LogP contribution < -0.4 is 0 Å². The molecule has 9 rings (SSSR count). The number of allylic oxidation sites excluding steroid dienone is 2. The van der Waals surface area contributed by atoms with E-state index in [9.17, 15) is 77.2 Å². The minimum Gasteiger partial charge on any atom is -0.456 e. The molecule has 12 N–H and O–H groups in total. The molecule has 28 atom stereocenters. The number of ether oxygens (including phenoxy) is 10. The normalized spacial score (nSPS) is 50.0. The van der Waals surface area contributed by atoms with Crippen molar-refractivity contribution < 1.29 is 138 Å². The minimum absolute atomic E-state index is 0.143. The van der Waals surface area contributed by atoms with Gasteiger partial charge in [-0.25, -0.2) is 8.37 Å². The molecule has 4 aliphatic carbocycles. The summed E-state index contributed by atoms with van der Waals surface area (Å²) in [7, 11) is -9.20. The summed E-state index contributed by atoms with van der Waals surface area (Å²) in [4.78, 5) is 14.5. The minimum atomic E-state index is -5.22. The maximum atomic E-state index is 14.5. The number of methoxy groups -OCH3 is 1. The third kappa shape index (κ3) is 11.6. The van der Waals surface area contributed by atoms with Gasteiger partial charge in [0.15, 0.2) is 25.2 Å². The molecule has 3 saturated carbocycles. The lowest BCUT2D eigenvalue weighted by molar-refractivity contribution is -0.389. The van der Waals surface area contributed by atoms with Crippen molar-refractivity contribution >= 4 is 26.8 Å². The number of carbonyl (C=O) groups excluding carboxylic acids is 1. The van der Waals surface area contributed by atoms with E-state index in [1.165, 1.54) is 6.92 Å². The van der Waals surface area contributed by atoms with Gasteiger partial charge in [-0.1, -0.05) is 59.6 Å². The van der Waals surface area contributed by atoms with Gasteiger partial charge in [0.05, 0.1) is 38.1 Å². The Bertz CT molecular complexity index is 2650. The van der Waals surface area contributed by atoms with Gasteiger partial charge in [-0.2, -0.15) is 16.8 Å². The molecule has 0 aromatic heterocycles. The number of fused-ring (bicyclic) bond motifs is 4. The van der Waals surface area contributed by atoms with Crippen LogP contribution in [-0.2, 0) is 81.3 Å². The third-order valence-corrected chi connectivity index (χ3v) is 21.9. The van der Waals surface area contributed by atoms with E-state index in [-0.39, 0.29) is 24.7 Å². The van der Waals surface area contributed by atoms with Gasteiger partial charge >= 0.3 is 26.8 Å². The van der Waals surface area contributed by atoms with Crippen LogP contribution in [-0.4, -0.2) is 250 Å². The van der Waals surface area contributed by atoms with E-state index in [0.29, 0.717) is 38.0 Å². The molecule has 490 valence electrons. The van der Waals surface area contributed by atoms with Gasteiger partial charge in [0.1, 0.15) is 102 Å². The summed E-state index contributed by atoms with van der Waals surface area (Å²) in [6, 6.07) is 0. The van der Waals surface area contributed by atoms with E-state index in [1.807, 2.05) is 20.8 Å². The molecular weight excluding hydrogens is 1180 g/mol. The second-order valence-electron chi connectivity index (χ2n) is 26.5. The average Bonchev–Trinajstić information content (AvgIpc) is 1.51. The van der Waals surface area contributed by atoms with E-state index in [4.69, 9.17) is 56.1 Å². The van der Waals surface area contributed by atoms with Crippen molar-refractivity contribution in [3.8, 4) is 0 Å². The third-order valence-electron chi connectivity index (χ3n) is 21.0. The molecule has 1 spiro atoms. The van der Waals surface area contributed by atoms with E-state index in [0.717, 1.165) is 25.5 Å². The lowest BCUT2D eigenvalue weighted by Gasteiger charge is -2.65. The Morgan fingerprint density at radius 3 is 1.95 bits per heavy atom. The molecule has 5 aliphatic heterocycles. The second-order valence-corrected chi connectivity index (χ2v) is 28.7. The molecule has 9 aliphatic rings. The van der Waals surface area contributed by atoms with Crippen molar-refractivity contribution in [3.63, 3.8) is 0 Å². The molecule has 31 heteroatoms. The Labute approximate surface area is 493 Å². The summed E-state index contributed by atoms with van der Waals surface area (Å²) < 4.78 is 134. The molecule has 0 amide bonds. The first-order valence-electron chi connectivity index (χ1n) is 29.2. The zero-order valence-electron chi connectivity index (χ0n) is 49.0. The first-order valence-corrected chi connectivity index (χ1v) is 31.9. The van der Waals surface area contributed by atoms with Gasteiger partial charge < -0.3 is 98.4 Å². The number of rotatable bonds is 19. The summed E-state index contributed by atoms with van der Waals surface area (Å²) in [5, 5.41) is 115. The summed E-state index contributed by atoms with van der Waals surface area (Å²) in [5.74, 6) is -0.526. The predicted molar refractivity (Wildman–Crippen MR) is 284 cm³/mol. The molecule has 5 heterocycles. The fraction of sp³-hybridized carbons (Fsp3) is 0.944. The standard InChI is InChI=1S/C54H88O29S2/c1-23(2)11-10-15-52(8)53(65)18-17-51(7)25-12-13-30-49(4,5)32(14-16-50(30,6)26(25)19-31(56)54(51,53)48(64)82-52)78-47-43(35(59)29(21-73-47)83-85(69,70)71)81-44-37(61)36(60)40(24(3)75-44)79-46-39(63)42(33(57)27(20-55)76-46)80-45-38(62)41(72-9)34(58)28(77-45)22-74-84(66,67)68/h12,23-24,26-47,55-63,65H,10-11,13-22H2,1-9H3,(H,66,67,68)(H,69,70,71)/t24-,26+,27-,28-,29-,30+,31+,32+,33-,34-,35+,36-,37-,38-,39-,40-,41+,42+,43-,44+,45+,46+,47+,50-,51+,52+,53+,54-/m1/s1. The lowest BCUT2D eigenvalue weighted by atomic mass is 9.39. The highest BCUT2D eigenvalue weighted by Gasteiger charge is 2.86. The molecule has 5 saturated heterocycles. The Kier molecular flexibility index (Phi) is 19.4. The van der Waals surface area contributed by atoms with Gasteiger partial charge in [-0.05, 0) is 93.8 Å². The highest BCUT2D eigenvalue weighted by molar-refractivity contribution is 7.81. The number of cyclic esters (lactones) is 1. The van der Waals surface area contributed by atoms with Gasteiger partial charge in [0, 0.05) is 12.5 Å². The molecule has 0 bridgehead atoms. The monoisotopic (exact) mass is 1260 g/mol. The summed E-state index contributed by atoms with van der Waals surface area (Å²) in [6.45, 7) is 13.0. The van der Waals surface area contributed by atoms with Crippen LogP contribution in [0.1, 0.15) is 113 Å². The first kappa shape index (κ1) is 67.6. The first-order chi connectivity index (χ1) is 39.4. The number of hydrogen-bond donors (Lipinski definition) is 12. The van der Waals surface area contributed by atoms with Crippen LogP contribution in [0.4, 0.5) is 0 Å². The number of carbonyl (C=O) groups is 1.